The topological polar surface area (TPSA) is 101 Å². The fraction of sp³-hybridized carbons (Fsp3) is 0.306. The molecule has 4 aromatic rings. The van der Waals surface area contributed by atoms with Crippen LogP contribution in [0.25, 0.3) is 0 Å². The van der Waals surface area contributed by atoms with Crippen LogP contribution in [0.2, 0.25) is 0 Å². The van der Waals surface area contributed by atoms with Crippen LogP contribution in [0.15, 0.2) is 48.5 Å². The Balaban J connectivity index is 0.00000135. The van der Waals surface area contributed by atoms with E-state index in [0.717, 1.165) is 67.1 Å². The predicted octanol–water partition coefficient (Wildman–Crippen LogP) is 6.96. The van der Waals surface area contributed by atoms with Crippen LogP contribution in [0, 0.1) is 25.2 Å². The summed E-state index contributed by atoms with van der Waals surface area (Å²) in [6, 6.07) is 17.6. The van der Waals surface area contributed by atoms with E-state index in [2.05, 4.69) is 24.3 Å². The normalized spacial score (nSPS) is 11.9. The average Bonchev–Trinajstić information content (AvgIpc) is 2.96. The number of phenols is 2. The molecule has 0 heterocycles. The first-order valence-corrected chi connectivity index (χ1v) is 14.1. The summed E-state index contributed by atoms with van der Waals surface area (Å²) in [6.45, 7) is 5.51. The highest BCUT2D eigenvalue weighted by Crippen LogP contribution is 2.41. The number of fused-ring (bicyclic) bond motifs is 8. The van der Waals surface area contributed by atoms with Gasteiger partial charge in [0.05, 0.1) is 34.5 Å². The number of rotatable bonds is 4. The number of benzene rings is 4. The number of nitrogens with zero attached hydrogens (tertiary/aromatic N) is 1. The third-order valence-electron chi connectivity index (χ3n) is 7.66. The lowest BCUT2D eigenvalue weighted by Crippen LogP contribution is -2.05. The van der Waals surface area contributed by atoms with E-state index in [9.17, 15) is 10.2 Å². The van der Waals surface area contributed by atoms with Gasteiger partial charge in [-0.15, -0.1) is 0 Å². The molecule has 0 unspecified atom stereocenters. The van der Waals surface area contributed by atoms with Gasteiger partial charge in [0.15, 0.2) is 0 Å². The number of methoxy groups -OCH3 is 4. The second-order valence-corrected chi connectivity index (χ2v) is 10.8. The summed E-state index contributed by atoms with van der Waals surface area (Å²) in [4.78, 5) is 0. The van der Waals surface area contributed by atoms with Gasteiger partial charge in [0.2, 0.25) is 0 Å². The maximum atomic E-state index is 11.5. The Labute approximate surface area is 253 Å². The lowest BCUT2D eigenvalue weighted by molar-refractivity contribution is 0.400. The largest absolute Gasteiger partial charge is 0.507 e. The molecule has 0 aromatic heterocycles. The summed E-state index contributed by atoms with van der Waals surface area (Å²) < 4.78 is 23.2. The molecule has 0 aliphatic heterocycles. The van der Waals surface area contributed by atoms with E-state index in [0.29, 0.717) is 37.2 Å². The molecule has 7 nitrogen and oxygen atoms in total. The van der Waals surface area contributed by atoms with E-state index in [1.54, 1.807) is 34.5 Å². The van der Waals surface area contributed by atoms with Gasteiger partial charge in [-0.05, 0) is 60.4 Å². The minimum absolute atomic E-state index is 0.232. The number of ether oxygens (including phenoxy) is 4. The Hall–Kier alpha value is -4.83. The molecule has 0 saturated heterocycles. The highest BCUT2D eigenvalue weighted by Gasteiger charge is 2.22. The standard InChI is InChI=1S/C34H36O6.C2H3N/c1-19-7-25-11-21-15-29(37-3)17-23(31(21)35)13-27-9-20(2)10-28(34(27)40-6)14-24-18-30(38-4)16-22(32(24)36)12-26(8-19)33(25)39-5;1-2-3/h7-10,15-18,35-36H,11-14H2,1-6H3;1H3. The van der Waals surface area contributed by atoms with Crippen LogP contribution in [0.1, 0.15) is 62.6 Å². The number of nitriles is 1. The summed E-state index contributed by atoms with van der Waals surface area (Å²) in [7, 11) is 6.59. The minimum Gasteiger partial charge on any atom is -0.507 e. The van der Waals surface area contributed by atoms with Crippen molar-refractivity contribution in [1.82, 2.24) is 0 Å². The van der Waals surface area contributed by atoms with Gasteiger partial charge in [-0.1, -0.05) is 35.4 Å². The molecular weight excluding hydrogens is 542 g/mol. The number of phenolic OH excluding ortho intramolecular Hbond substituents is 2. The molecule has 5 rings (SSSR count). The molecule has 1 aliphatic carbocycles. The van der Waals surface area contributed by atoms with Crippen LogP contribution in [-0.4, -0.2) is 38.7 Å². The molecule has 7 heteroatoms. The first-order chi connectivity index (χ1) is 20.6. The van der Waals surface area contributed by atoms with Gasteiger partial charge in [-0.25, -0.2) is 0 Å². The van der Waals surface area contributed by atoms with Crippen molar-refractivity contribution < 1.29 is 29.2 Å². The Morgan fingerprint density at radius 2 is 0.767 bits per heavy atom. The van der Waals surface area contributed by atoms with Crippen LogP contribution >= 0.6 is 0 Å². The molecule has 224 valence electrons. The van der Waals surface area contributed by atoms with Crippen molar-refractivity contribution in [2.45, 2.75) is 46.5 Å². The van der Waals surface area contributed by atoms with Gasteiger partial charge < -0.3 is 29.2 Å². The lowest BCUT2D eigenvalue weighted by atomic mass is 9.89. The third-order valence-corrected chi connectivity index (χ3v) is 7.66. The molecule has 1 aliphatic rings. The van der Waals surface area contributed by atoms with Gasteiger partial charge in [-0.2, -0.15) is 5.26 Å². The highest BCUT2D eigenvalue weighted by molar-refractivity contribution is 5.58. The number of hydrogen-bond acceptors (Lipinski definition) is 7. The number of aryl methyl sites for hydroxylation is 2. The van der Waals surface area contributed by atoms with Crippen molar-refractivity contribution >= 4 is 0 Å². The summed E-state index contributed by atoms with van der Waals surface area (Å²) in [5.74, 6) is 3.27. The van der Waals surface area contributed by atoms with Crippen molar-refractivity contribution in [3.05, 3.63) is 104 Å². The molecule has 2 N–H and O–H groups in total. The van der Waals surface area contributed by atoms with E-state index >= 15 is 0 Å². The first kappa shape index (κ1) is 31.1. The second kappa shape index (κ2) is 13.4. The van der Waals surface area contributed by atoms with Crippen molar-refractivity contribution in [2.75, 3.05) is 28.4 Å². The first-order valence-electron chi connectivity index (χ1n) is 14.1. The van der Waals surface area contributed by atoms with Crippen molar-refractivity contribution in [3.63, 3.8) is 0 Å². The number of aromatic hydroxyl groups is 2. The zero-order valence-electron chi connectivity index (χ0n) is 25.9. The van der Waals surface area contributed by atoms with Gasteiger partial charge in [0, 0.05) is 54.9 Å². The lowest BCUT2D eigenvalue weighted by Gasteiger charge is -2.21. The summed E-state index contributed by atoms with van der Waals surface area (Å²) in [5, 5.41) is 30.4. The molecule has 0 saturated carbocycles. The Morgan fingerprint density at radius 3 is 0.977 bits per heavy atom. The zero-order valence-corrected chi connectivity index (χ0v) is 25.9. The summed E-state index contributed by atoms with van der Waals surface area (Å²) >= 11 is 0. The van der Waals surface area contributed by atoms with Crippen LogP contribution < -0.4 is 18.9 Å². The average molecular weight is 582 g/mol. The van der Waals surface area contributed by atoms with E-state index in [4.69, 9.17) is 24.2 Å². The van der Waals surface area contributed by atoms with Crippen molar-refractivity contribution in [1.29, 1.82) is 5.26 Å². The SMILES string of the molecule is CC#N.COc1cc2c(O)c(c1)Cc1cc(C)cc(c1OC)Cc1cc(OC)cc(c1O)Cc1cc(C)cc(c1OC)C2. The minimum atomic E-state index is 0.232. The van der Waals surface area contributed by atoms with Crippen molar-refractivity contribution in [2.24, 2.45) is 0 Å². The van der Waals surface area contributed by atoms with Gasteiger partial charge in [0.1, 0.15) is 34.5 Å². The molecule has 0 amide bonds. The van der Waals surface area contributed by atoms with E-state index in [1.165, 1.54) is 6.92 Å². The van der Waals surface area contributed by atoms with Gasteiger partial charge >= 0.3 is 0 Å². The summed E-state index contributed by atoms with van der Waals surface area (Å²) in [6.07, 6.45) is 1.78. The predicted molar refractivity (Wildman–Crippen MR) is 167 cm³/mol. The van der Waals surface area contributed by atoms with E-state index in [1.807, 2.05) is 38.1 Å². The quantitative estimate of drug-likeness (QED) is 0.237. The molecular formula is C36H39NO6. The fourth-order valence-corrected chi connectivity index (χ4v) is 5.96. The Kier molecular flexibility index (Phi) is 9.72. The molecule has 43 heavy (non-hydrogen) atoms. The van der Waals surface area contributed by atoms with Crippen LogP contribution in [0.4, 0.5) is 0 Å². The zero-order chi connectivity index (χ0) is 31.3. The van der Waals surface area contributed by atoms with Crippen LogP contribution in [-0.2, 0) is 25.7 Å². The number of hydrogen-bond donors (Lipinski definition) is 2. The summed E-state index contributed by atoms with van der Waals surface area (Å²) in [5.41, 5.74) is 8.87. The Morgan fingerprint density at radius 1 is 0.512 bits per heavy atom. The van der Waals surface area contributed by atoms with Crippen molar-refractivity contribution in [3.8, 4) is 40.6 Å². The maximum Gasteiger partial charge on any atom is 0.125 e. The molecule has 0 radical (unpaired) electrons. The van der Waals surface area contributed by atoms with Crippen LogP contribution in [0.5, 0.6) is 34.5 Å². The van der Waals surface area contributed by atoms with Gasteiger partial charge in [0.25, 0.3) is 0 Å². The smallest absolute Gasteiger partial charge is 0.125 e. The highest BCUT2D eigenvalue weighted by atomic mass is 16.5. The second-order valence-electron chi connectivity index (χ2n) is 10.8. The molecule has 0 spiro atoms. The molecule has 0 fully saturated rings. The molecule has 8 bridgehead atoms. The van der Waals surface area contributed by atoms with E-state index in [-0.39, 0.29) is 11.5 Å². The fourth-order valence-electron chi connectivity index (χ4n) is 5.96. The Bertz CT molecular complexity index is 1470. The van der Waals surface area contributed by atoms with Gasteiger partial charge in [-0.3, -0.25) is 0 Å². The molecule has 4 aromatic carbocycles. The molecule has 0 atom stereocenters. The van der Waals surface area contributed by atoms with E-state index < -0.39 is 0 Å². The monoisotopic (exact) mass is 581 g/mol. The van der Waals surface area contributed by atoms with Crippen LogP contribution in [0.3, 0.4) is 0 Å². The maximum absolute atomic E-state index is 11.5. The third kappa shape index (κ3) is 6.65.